The van der Waals surface area contributed by atoms with Crippen LogP contribution < -0.4 is 0 Å². The zero-order valence-corrected chi connectivity index (χ0v) is 41.9. The molecule has 0 N–H and O–H groups in total. The van der Waals surface area contributed by atoms with E-state index in [1.807, 2.05) is 0 Å². The van der Waals surface area contributed by atoms with E-state index in [1.54, 1.807) is 0 Å². The van der Waals surface area contributed by atoms with Crippen LogP contribution in [0.15, 0.2) is 279 Å². The van der Waals surface area contributed by atoms with Crippen LogP contribution in [0.2, 0.25) is 0 Å². The van der Waals surface area contributed by atoms with Crippen molar-refractivity contribution >= 4 is 88.9 Å². The van der Waals surface area contributed by atoms with Crippen LogP contribution in [-0.4, -0.2) is 0 Å². The van der Waals surface area contributed by atoms with Gasteiger partial charge in [0.05, 0.1) is 0 Å². The number of benzene rings is 14. The quantitative estimate of drug-likeness (QED) is 0.0999. The third kappa shape index (κ3) is 8.05. The molecule has 0 fully saturated rings. The molecule has 0 aliphatic heterocycles. The SMILES string of the molecule is C(=C\c1ccc(-c2c3ccccc3c(-c3cc(-c4c5ccccc5cc5ccccc45)cc(-c4c5ccccc5c(-c5ccc(/C=C/c6ccccc6)cc5)c5ccccc45)c3)c3ccccc23)cc1)/c1ccccc1. The summed E-state index contributed by atoms with van der Waals surface area (Å²) in [6.45, 7) is 0. The molecule has 0 saturated heterocycles. The number of hydrogen-bond donors (Lipinski definition) is 0. The molecular weight excluding hydrogens is 913 g/mol. The predicted molar refractivity (Wildman–Crippen MR) is 329 cm³/mol. The van der Waals surface area contributed by atoms with Crippen LogP contribution in [0.25, 0.3) is 145 Å². The van der Waals surface area contributed by atoms with Gasteiger partial charge >= 0.3 is 0 Å². The van der Waals surface area contributed by atoms with Crippen LogP contribution in [0.5, 0.6) is 0 Å². The lowest BCUT2D eigenvalue weighted by Crippen LogP contribution is -1.95. The van der Waals surface area contributed by atoms with E-state index >= 15 is 0 Å². The molecule has 0 radical (unpaired) electrons. The van der Waals surface area contributed by atoms with Gasteiger partial charge in [-0.1, -0.05) is 279 Å². The summed E-state index contributed by atoms with van der Waals surface area (Å²) in [5.74, 6) is 0. The fourth-order valence-corrected chi connectivity index (χ4v) is 11.9. The summed E-state index contributed by atoms with van der Waals surface area (Å²) in [7, 11) is 0. The first-order valence-corrected chi connectivity index (χ1v) is 26.3. The molecule has 14 aromatic carbocycles. The minimum absolute atomic E-state index is 1.17. The Morgan fingerprint density at radius 3 is 0.684 bits per heavy atom. The maximum absolute atomic E-state index is 2.49. The Kier molecular flexibility index (Phi) is 11.3. The summed E-state index contributed by atoms with van der Waals surface area (Å²) >= 11 is 0. The molecule has 0 bridgehead atoms. The lowest BCUT2D eigenvalue weighted by molar-refractivity contribution is 1.61. The van der Waals surface area contributed by atoms with Crippen molar-refractivity contribution in [2.24, 2.45) is 0 Å². The minimum Gasteiger partial charge on any atom is -0.0622 e. The summed E-state index contributed by atoms with van der Waals surface area (Å²) in [5, 5.41) is 14.8. The third-order valence-electron chi connectivity index (χ3n) is 15.4. The van der Waals surface area contributed by atoms with E-state index in [2.05, 4.69) is 303 Å². The van der Waals surface area contributed by atoms with Gasteiger partial charge in [-0.25, -0.2) is 0 Å². The Hall–Kier alpha value is -9.88. The zero-order valence-electron chi connectivity index (χ0n) is 41.9. The van der Waals surface area contributed by atoms with Gasteiger partial charge in [-0.05, 0) is 167 Å². The van der Waals surface area contributed by atoms with Gasteiger partial charge < -0.3 is 0 Å². The number of hydrogen-bond acceptors (Lipinski definition) is 0. The average Bonchev–Trinajstić information content (AvgIpc) is 3.59. The summed E-state index contributed by atoms with van der Waals surface area (Å²) in [6.07, 6.45) is 8.77. The van der Waals surface area contributed by atoms with Crippen molar-refractivity contribution < 1.29 is 0 Å². The van der Waals surface area contributed by atoms with E-state index in [4.69, 9.17) is 0 Å². The summed E-state index contributed by atoms with van der Waals surface area (Å²) in [6, 6.07) is 103. The molecule has 0 atom stereocenters. The molecule has 0 aromatic heterocycles. The van der Waals surface area contributed by atoms with Crippen molar-refractivity contribution in [2.45, 2.75) is 0 Å². The highest BCUT2D eigenvalue weighted by atomic mass is 14.3. The van der Waals surface area contributed by atoms with Crippen molar-refractivity contribution in [3.63, 3.8) is 0 Å². The van der Waals surface area contributed by atoms with Crippen LogP contribution in [0, 0.1) is 0 Å². The van der Waals surface area contributed by atoms with Gasteiger partial charge in [0.25, 0.3) is 0 Å². The molecular formula is C76H50. The van der Waals surface area contributed by atoms with E-state index in [9.17, 15) is 0 Å². The molecule has 0 nitrogen and oxygen atoms in total. The molecule has 0 spiro atoms. The third-order valence-corrected chi connectivity index (χ3v) is 15.4. The molecule has 14 aromatic rings. The molecule has 76 heavy (non-hydrogen) atoms. The Labute approximate surface area is 443 Å². The van der Waals surface area contributed by atoms with Crippen molar-refractivity contribution in [1.82, 2.24) is 0 Å². The van der Waals surface area contributed by atoms with E-state index in [0.29, 0.717) is 0 Å². The van der Waals surface area contributed by atoms with Crippen molar-refractivity contribution in [1.29, 1.82) is 0 Å². The molecule has 0 heteroatoms. The predicted octanol–water partition coefficient (Wildman–Crippen LogP) is 21.3. The van der Waals surface area contributed by atoms with Gasteiger partial charge in [0.1, 0.15) is 0 Å². The first-order valence-electron chi connectivity index (χ1n) is 26.3. The summed E-state index contributed by atoms with van der Waals surface area (Å²) in [5.41, 5.74) is 16.9. The number of fused-ring (bicyclic) bond motifs is 6. The highest BCUT2D eigenvalue weighted by Gasteiger charge is 2.22. The highest BCUT2D eigenvalue weighted by Crippen LogP contribution is 2.50. The largest absolute Gasteiger partial charge is 0.0622 e. The molecule has 0 aliphatic carbocycles. The Bertz CT molecular complexity index is 4180. The van der Waals surface area contributed by atoms with Crippen LogP contribution in [0.1, 0.15) is 22.3 Å². The van der Waals surface area contributed by atoms with Crippen molar-refractivity contribution in [2.75, 3.05) is 0 Å². The van der Waals surface area contributed by atoms with Gasteiger partial charge in [0.2, 0.25) is 0 Å². The van der Waals surface area contributed by atoms with E-state index in [1.165, 1.54) is 143 Å². The second kappa shape index (κ2) is 19.2. The average molecular weight is 963 g/mol. The maximum atomic E-state index is 2.49. The lowest BCUT2D eigenvalue weighted by Gasteiger charge is -2.22. The van der Waals surface area contributed by atoms with E-state index in [-0.39, 0.29) is 0 Å². The second-order valence-electron chi connectivity index (χ2n) is 19.9. The van der Waals surface area contributed by atoms with Crippen LogP contribution in [0.4, 0.5) is 0 Å². The lowest BCUT2D eigenvalue weighted by atomic mass is 9.81. The Morgan fingerprint density at radius 2 is 0.382 bits per heavy atom. The maximum Gasteiger partial charge on any atom is -0.00259 e. The first-order chi connectivity index (χ1) is 37.7. The van der Waals surface area contributed by atoms with E-state index < -0.39 is 0 Å². The molecule has 354 valence electrons. The molecule has 0 aliphatic rings. The zero-order chi connectivity index (χ0) is 50.4. The highest BCUT2D eigenvalue weighted by molar-refractivity contribution is 6.25. The van der Waals surface area contributed by atoms with Crippen molar-refractivity contribution in [3.05, 3.63) is 301 Å². The molecule has 14 rings (SSSR count). The van der Waals surface area contributed by atoms with Gasteiger partial charge in [-0.2, -0.15) is 0 Å². The topological polar surface area (TPSA) is 0 Å². The van der Waals surface area contributed by atoms with Crippen LogP contribution in [0.3, 0.4) is 0 Å². The normalized spacial score (nSPS) is 11.8. The summed E-state index contributed by atoms with van der Waals surface area (Å²) in [4.78, 5) is 0. The van der Waals surface area contributed by atoms with Crippen LogP contribution in [-0.2, 0) is 0 Å². The second-order valence-corrected chi connectivity index (χ2v) is 19.9. The standard InChI is InChI=1S/C76H50/c1-3-19-51(20-4-1)35-37-53-39-43-55(44-40-53)72-64-27-11-15-31-68(64)75(69-32-16-12-28-65(69)72)60-48-59(74-62-25-9-7-23-57(62)47-58-24-8-10-26-63(58)74)49-61(50-60)76-70-33-17-13-29-66(70)73(67-30-14-18-34-71(67)76)56-45-41-54(42-46-56)38-36-52-21-5-2-6-22-52/h1-50H/b37-35+,38-36+. The van der Waals surface area contributed by atoms with E-state index in [0.717, 1.165) is 0 Å². The Morgan fingerprint density at radius 1 is 0.158 bits per heavy atom. The Balaban J connectivity index is 1.02. The fourth-order valence-electron chi connectivity index (χ4n) is 11.9. The fraction of sp³-hybridized carbons (Fsp3) is 0. The monoisotopic (exact) mass is 962 g/mol. The molecule has 0 saturated carbocycles. The van der Waals surface area contributed by atoms with Crippen LogP contribution >= 0.6 is 0 Å². The van der Waals surface area contributed by atoms with Gasteiger partial charge in [-0.15, -0.1) is 0 Å². The summed E-state index contributed by atoms with van der Waals surface area (Å²) < 4.78 is 0. The molecule has 0 unspecified atom stereocenters. The van der Waals surface area contributed by atoms with Crippen molar-refractivity contribution in [3.8, 4) is 55.6 Å². The smallest absolute Gasteiger partial charge is 0.00259 e. The first kappa shape index (κ1) is 44.8. The number of rotatable bonds is 9. The van der Waals surface area contributed by atoms with Gasteiger partial charge in [0.15, 0.2) is 0 Å². The minimum atomic E-state index is 1.17. The molecule has 0 amide bonds. The van der Waals surface area contributed by atoms with Gasteiger partial charge in [-0.3, -0.25) is 0 Å². The molecule has 0 heterocycles. The van der Waals surface area contributed by atoms with Gasteiger partial charge in [0, 0.05) is 0 Å².